The summed E-state index contributed by atoms with van der Waals surface area (Å²) in [7, 11) is 3.16. The molecule has 0 fully saturated rings. The summed E-state index contributed by atoms with van der Waals surface area (Å²) in [5, 5.41) is 7.37. The van der Waals surface area contributed by atoms with Crippen LogP contribution in [0.15, 0.2) is 24.7 Å². The third-order valence-corrected chi connectivity index (χ3v) is 2.20. The molecule has 2 rings (SSSR count). The maximum Gasteiger partial charge on any atom is 0.216 e. The molecule has 0 aliphatic rings. The SMILES string of the molecule is COc1cnccc1C(=O)c1cnnn1C. The summed E-state index contributed by atoms with van der Waals surface area (Å²) in [6.07, 6.45) is 4.46. The Labute approximate surface area is 91.9 Å². The van der Waals surface area contributed by atoms with E-state index in [1.165, 1.54) is 24.2 Å². The maximum absolute atomic E-state index is 12.1. The highest BCUT2D eigenvalue weighted by Gasteiger charge is 2.17. The van der Waals surface area contributed by atoms with Gasteiger partial charge in [-0.1, -0.05) is 5.21 Å². The average Bonchev–Trinajstić information content (AvgIpc) is 2.74. The van der Waals surface area contributed by atoms with E-state index in [1.54, 1.807) is 19.3 Å². The van der Waals surface area contributed by atoms with E-state index >= 15 is 0 Å². The van der Waals surface area contributed by atoms with E-state index in [2.05, 4.69) is 15.3 Å². The first-order valence-electron chi connectivity index (χ1n) is 4.61. The van der Waals surface area contributed by atoms with Crippen LogP contribution in [0, 0.1) is 0 Å². The Morgan fingerprint density at radius 2 is 2.25 bits per heavy atom. The van der Waals surface area contributed by atoms with Gasteiger partial charge in [0.2, 0.25) is 5.78 Å². The zero-order valence-corrected chi connectivity index (χ0v) is 8.91. The predicted octanol–water partition coefficient (Wildman–Crippen LogP) is 0.450. The molecule has 16 heavy (non-hydrogen) atoms. The fourth-order valence-corrected chi connectivity index (χ4v) is 1.36. The highest BCUT2D eigenvalue weighted by atomic mass is 16.5. The Morgan fingerprint density at radius 3 is 2.88 bits per heavy atom. The van der Waals surface area contributed by atoms with Gasteiger partial charge in [0.1, 0.15) is 11.4 Å². The van der Waals surface area contributed by atoms with Gasteiger partial charge in [0.05, 0.1) is 25.1 Å². The first-order chi connectivity index (χ1) is 7.74. The summed E-state index contributed by atoms with van der Waals surface area (Å²) in [5.41, 5.74) is 0.854. The van der Waals surface area contributed by atoms with Gasteiger partial charge in [-0.2, -0.15) is 0 Å². The topological polar surface area (TPSA) is 69.9 Å². The lowest BCUT2D eigenvalue weighted by atomic mass is 10.1. The molecule has 6 nitrogen and oxygen atoms in total. The molecule has 0 radical (unpaired) electrons. The van der Waals surface area contributed by atoms with Gasteiger partial charge in [0.15, 0.2) is 0 Å². The van der Waals surface area contributed by atoms with Crippen LogP contribution in [0.2, 0.25) is 0 Å². The van der Waals surface area contributed by atoms with Crippen LogP contribution in [0.5, 0.6) is 5.75 Å². The number of ketones is 1. The molecule has 0 amide bonds. The van der Waals surface area contributed by atoms with E-state index in [-0.39, 0.29) is 5.78 Å². The van der Waals surface area contributed by atoms with Crippen molar-refractivity contribution in [2.45, 2.75) is 0 Å². The van der Waals surface area contributed by atoms with Crippen molar-refractivity contribution in [1.82, 2.24) is 20.0 Å². The van der Waals surface area contributed by atoms with E-state index in [0.29, 0.717) is 17.0 Å². The molecule has 0 atom stereocenters. The number of nitrogens with zero attached hydrogens (tertiary/aromatic N) is 4. The Balaban J connectivity index is 2.46. The molecule has 0 saturated carbocycles. The number of ether oxygens (including phenoxy) is 1. The van der Waals surface area contributed by atoms with Crippen molar-refractivity contribution in [3.8, 4) is 5.75 Å². The zero-order chi connectivity index (χ0) is 11.5. The number of rotatable bonds is 3. The number of hydrogen-bond donors (Lipinski definition) is 0. The number of methoxy groups -OCH3 is 1. The Hall–Kier alpha value is -2.24. The molecule has 0 saturated heterocycles. The molecule has 2 aromatic rings. The molecule has 0 aromatic carbocycles. The number of hydrogen-bond acceptors (Lipinski definition) is 5. The fraction of sp³-hybridized carbons (Fsp3) is 0.200. The van der Waals surface area contributed by atoms with Crippen LogP contribution >= 0.6 is 0 Å². The molecule has 0 bridgehead atoms. The van der Waals surface area contributed by atoms with Gasteiger partial charge >= 0.3 is 0 Å². The monoisotopic (exact) mass is 218 g/mol. The molecule has 2 aromatic heterocycles. The highest BCUT2D eigenvalue weighted by Crippen LogP contribution is 2.18. The van der Waals surface area contributed by atoms with Crippen molar-refractivity contribution in [3.05, 3.63) is 35.9 Å². The second-order valence-corrected chi connectivity index (χ2v) is 3.15. The van der Waals surface area contributed by atoms with Crippen LogP contribution in [0.4, 0.5) is 0 Å². The summed E-state index contributed by atoms with van der Waals surface area (Å²) < 4.78 is 6.49. The lowest BCUT2D eigenvalue weighted by Crippen LogP contribution is -2.09. The Morgan fingerprint density at radius 1 is 1.44 bits per heavy atom. The minimum atomic E-state index is -0.188. The Kier molecular flexibility index (Phi) is 2.63. The van der Waals surface area contributed by atoms with Crippen molar-refractivity contribution in [1.29, 1.82) is 0 Å². The summed E-state index contributed by atoms with van der Waals surface area (Å²) in [5.74, 6) is 0.250. The normalized spacial score (nSPS) is 10.1. The molecule has 0 aliphatic carbocycles. The van der Waals surface area contributed by atoms with Gasteiger partial charge in [-0.25, -0.2) is 4.68 Å². The van der Waals surface area contributed by atoms with Crippen molar-refractivity contribution in [2.75, 3.05) is 7.11 Å². The molecule has 0 spiro atoms. The fourth-order valence-electron chi connectivity index (χ4n) is 1.36. The standard InChI is InChI=1S/C10H10N4O2/c1-14-8(5-12-13-14)10(15)7-3-4-11-6-9(7)16-2/h3-6H,1-2H3. The van der Waals surface area contributed by atoms with Crippen LogP contribution in [0.25, 0.3) is 0 Å². The lowest BCUT2D eigenvalue weighted by molar-refractivity contribution is 0.102. The first kappa shape index (κ1) is 10.3. The highest BCUT2D eigenvalue weighted by molar-refractivity contribution is 6.09. The largest absolute Gasteiger partial charge is 0.494 e. The van der Waals surface area contributed by atoms with Crippen molar-refractivity contribution in [3.63, 3.8) is 0 Å². The molecular weight excluding hydrogens is 208 g/mol. The molecule has 0 aliphatic heterocycles. The number of pyridine rings is 1. The van der Waals surface area contributed by atoms with Gasteiger partial charge in [0.25, 0.3) is 0 Å². The quantitative estimate of drug-likeness (QED) is 0.699. The number of aromatic nitrogens is 4. The van der Waals surface area contributed by atoms with Crippen molar-refractivity contribution < 1.29 is 9.53 Å². The number of aryl methyl sites for hydroxylation is 1. The van der Waals surface area contributed by atoms with Gasteiger partial charge in [-0.15, -0.1) is 5.10 Å². The van der Waals surface area contributed by atoms with Crippen LogP contribution < -0.4 is 4.74 Å². The van der Waals surface area contributed by atoms with Crippen molar-refractivity contribution in [2.24, 2.45) is 7.05 Å². The van der Waals surface area contributed by atoms with Crippen LogP contribution in [-0.4, -0.2) is 32.9 Å². The van der Waals surface area contributed by atoms with Crippen molar-refractivity contribution >= 4 is 5.78 Å². The first-order valence-corrected chi connectivity index (χ1v) is 4.61. The minimum absolute atomic E-state index is 0.188. The van der Waals surface area contributed by atoms with Gasteiger partial charge in [-0.05, 0) is 6.07 Å². The Bertz CT molecular complexity index is 521. The van der Waals surface area contributed by atoms with E-state index in [0.717, 1.165) is 0 Å². The summed E-state index contributed by atoms with van der Waals surface area (Å²) in [6, 6.07) is 1.61. The average molecular weight is 218 g/mol. The van der Waals surface area contributed by atoms with Gasteiger partial charge < -0.3 is 4.74 Å². The molecular formula is C10H10N4O2. The molecule has 0 unspecified atom stereocenters. The molecule has 82 valence electrons. The van der Waals surface area contributed by atoms with E-state index in [4.69, 9.17) is 4.74 Å². The summed E-state index contributed by atoms with van der Waals surface area (Å²) >= 11 is 0. The van der Waals surface area contributed by atoms with E-state index in [1.807, 2.05) is 0 Å². The maximum atomic E-state index is 12.1. The molecule has 0 N–H and O–H groups in total. The summed E-state index contributed by atoms with van der Waals surface area (Å²) in [6.45, 7) is 0. The predicted molar refractivity (Wildman–Crippen MR) is 55.2 cm³/mol. The third kappa shape index (κ3) is 1.65. The van der Waals surface area contributed by atoms with Crippen LogP contribution in [0.1, 0.15) is 16.1 Å². The van der Waals surface area contributed by atoms with Crippen LogP contribution in [-0.2, 0) is 7.05 Å². The lowest BCUT2D eigenvalue weighted by Gasteiger charge is -2.05. The number of carbonyl (C=O) groups is 1. The van der Waals surface area contributed by atoms with Crippen LogP contribution in [0.3, 0.4) is 0 Å². The smallest absolute Gasteiger partial charge is 0.216 e. The molecule has 6 heteroatoms. The van der Waals surface area contributed by atoms with E-state index < -0.39 is 0 Å². The van der Waals surface area contributed by atoms with Gasteiger partial charge in [0, 0.05) is 13.2 Å². The molecule has 2 heterocycles. The second kappa shape index (κ2) is 4.09. The van der Waals surface area contributed by atoms with E-state index in [9.17, 15) is 4.79 Å². The number of carbonyl (C=O) groups excluding carboxylic acids is 1. The zero-order valence-electron chi connectivity index (χ0n) is 8.91. The summed E-state index contributed by atoms with van der Waals surface area (Å²) in [4.78, 5) is 16.0. The third-order valence-electron chi connectivity index (χ3n) is 2.20. The second-order valence-electron chi connectivity index (χ2n) is 3.15. The van der Waals surface area contributed by atoms with Gasteiger partial charge in [-0.3, -0.25) is 9.78 Å². The minimum Gasteiger partial charge on any atom is -0.494 e.